The fraction of sp³-hybridized carbons (Fsp3) is 0.429. The molecule has 2 aromatic rings. The maximum absolute atomic E-state index is 10.8. The summed E-state index contributed by atoms with van der Waals surface area (Å²) in [4.78, 5) is 10.8. The van der Waals surface area contributed by atoms with E-state index in [1.54, 1.807) is 4.68 Å². The Labute approximate surface area is 117 Å². The van der Waals surface area contributed by atoms with Gasteiger partial charge in [0.2, 0.25) is 0 Å². The average Bonchev–Trinajstić information content (AvgIpc) is 2.86. The van der Waals surface area contributed by atoms with Gasteiger partial charge < -0.3 is 5.11 Å². The van der Waals surface area contributed by atoms with Crippen molar-refractivity contribution in [3.63, 3.8) is 0 Å². The largest absolute Gasteiger partial charge is 0.481 e. The van der Waals surface area contributed by atoms with E-state index in [4.69, 9.17) is 5.11 Å². The summed E-state index contributed by atoms with van der Waals surface area (Å²) in [6, 6.07) is 9.96. The Morgan fingerprint density at radius 1 is 1.35 bits per heavy atom. The van der Waals surface area contributed by atoms with Crippen molar-refractivity contribution >= 4 is 5.97 Å². The number of tetrazole rings is 1. The first-order valence-corrected chi connectivity index (χ1v) is 6.69. The van der Waals surface area contributed by atoms with Crippen LogP contribution in [0, 0.1) is 5.92 Å². The molecule has 1 aromatic heterocycles. The molecule has 0 spiro atoms. The number of aliphatic carboxylic acids is 1. The third-order valence-corrected chi connectivity index (χ3v) is 3.28. The van der Waals surface area contributed by atoms with Gasteiger partial charge in [0.05, 0.1) is 0 Å². The fourth-order valence-electron chi connectivity index (χ4n) is 2.10. The molecule has 6 nitrogen and oxygen atoms in total. The first-order valence-electron chi connectivity index (χ1n) is 6.69. The Morgan fingerprint density at radius 2 is 2.10 bits per heavy atom. The van der Waals surface area contributed by atoms with Gasteiger partial charge in [0, 0.05) is 19.4 Å². The van der Waals surface area contributed by atoms with E-state index >= 15 is 0 Å². The van der Waals surface area contributed by atoms with Gasteiger partial charge in [-0.15, -0.1) is 5.10 Å². The van der Waals surface area contributed by atoms with Gasteiger partial charge in [0.1, 0.15) is 0 Å². The van der Waals surface area contributed by atoms with Crippen LogP contribution in [0.1, 0.15) is 31.2 Å². The first-order chi connectivity index (χ1) is 9.69. The number of carbonyl (C=O) groups is 1. The lowest BCUT2D eigenvalue weighted by Gasteiger charge is -2.13. The highest BCUT2D eigenvalue weighted by molar-refractivity contribution is 5.66. The van der Waals surface area contributed by atoms with Gasteiger partial charge in [-0.3, -0.25) is 4.79 Å². The van der Waals surface area contributed by atoms with Gasteiger partial charge in [0.25, 0.3) is 0 Å². The molecule has 1 heterocycles. The molecular formula is C14H18N4O2. The van der Waals surface area contributed by atoms with E-state index in [-0.39, 0.29) is 12.3 Å². The highest BCUT2D eigenvalue weighted by Gasteiger charge is 2.15. The zero-order chi connectivity index (χ0) is 14.4. The van der Waals surface area contributed by atoms with Gasteiger partial charge >= 0.3 is 5.97 Å². The van der Waals surface area contributed by atoms with Crippen molar-refractivity contribution in [3.05, 3.63) is 41.7 Å². The van der Waals surface area contributed by atoms with Crippen molar-refractivity contribution in [2.45, 2.75) is 32.7 Å². The Hall–Kier alpha value is -2.24. The van der Waals surface area contributed by atoms with Crippen LogP contribution in [0.5, 0.6) is 0 Å². The molecule has 0 aliphatic carbocycles. The van der Waals surface area contributed by atoms with Gasteiger partial charge in [0.15, 0.2) is 5.82 Å². The van der Waals surface area contributed by atoms with Gasteiger partial charge in [-0.25, -0.2) is 4.68 Å². The number of rotatable bonds is 7. The number of nitrogens with zero attached hydrogens (tertiary/aromatic N) is 4. The number of carboxylic acids is 1. The molecular weight excluding hydrogens is 256 g/mol. The van der Waals surface area contributed by atoms with E-state index in [0.717, 1.165) is 17.8 Å². The summed E-state index contributed by atoms with van der Waals surface area (Å²) in [5, 5.41) is 20.6. The summed E-state index contributed by atoms with van der Waals surface area (Å²) >= 11 is 0. The van der Waals surface area contributed by atoms with Gasteiger partial charge in [-0.2, -0.15) is 0 Å². The second-order valence-electron chi connectivity index (χ2n) is 4.81. The van der Waals surface area contributed by atoms with Crippen molar-refractivity contribution in [1.82, 2.24) is 20.2 Å². The van der Waals surface area contributed by atoms with Crippen LogP contribution in [0.4, 0.5) is 0 Å². The summed E-state index contributed by atoms with van der Waals surface area (Å²) < 4.78 is 1.71. The monoisotopic (exact) mass is 274 g/mol. The van der Waals surface area contributed by atoms with Crippen LogP contribution in [-0.2, 0) is 17.8 Å². The van der Waals surface area contributed by atoms with E-state index in [2.05, 4.69) is 15.5 Å². The second kappa shape index (κ2) is 6.79. The molecule has 0 saturated carbocycles. The van der Waals surface area contributed by atoms with Crippen LogP contribution in [0.3, 0.4) is 0 Å². The predicted molar refractivity (Wildman–Crippen MR) is 73.1 cm³/mol. The second-order valence-corrected chi connectivity index (χ2v) is 4.81. The minimum Gasteiger partial charge on any atom is -0.481 e. The third kappa shape index (κ3) is 3.88. The van der Waals surface area contributed by atoms with E-state index < -0.39 is 5.97 Å². The van der Waals surface area contributed by atoms with Crippen LogP contribution < -0.4 is 0 Å². The lowest BCUT2D eigenvalue weighted by atomic mass is 10.0. The van der Waals surface area contributed by atoms with Crippen molar-refractivity contribution in [1.29, 1.82) is 0 Å². The van der Waals surface area contributed by atoms with E-state index in [0.29, 0.717) is 13.0 Å². The predicted octanol–water partition coefficient (Wildman–Crippen LogP) is 1.76. The van der Waals surface area contributed by atoms with E-state index in [9.17, 15) is 4.79 Å². The molecule has 1 unspecified atom stereocenters. The van der Waals surface area contributed by atoms with Crippen molar-refractivity contribution in [3.8, 4) is 0 Å². The molecule has 0 fully saturated rings. The zero-order valence-corrected chi connectivity index (χ0v) is 11.4. The normalized spacial score (nSPS) is 12.2. The van der Waals surface area contributed by atoms with Gasteiger partial charge in [-0.1, -0.05) is 43.7 Å². The molecule has 2 rings (SSSR count). The quantitative estimate of drug-likeness (QED) is 0.832. The topological polar surface area (TPSA) is 80.9 Å². The fourth-order valence-corrected chi connectivity index (χ4v) is 2.10. The molecule has 0 aliphatic rings. The summed E-state index contributed by atoms with van der Waals surface area (Å²) in [7, 11) is 0. The molecule has 106 valence electrons. The first kappa shape index (κ1) is 14.2. The standard InChI is InChI=1S/C14H18N4O2/c1-2-11(9-14(19)20)10-18-13(15-16-17-18)8-12-6-4-3-5-7-12/h3-7,11H,2,8-10H2,1H3,(H,19,20). The summed E-state index contributed by atoms with van der Waals surface area (Å²) in [6.07, 6.45) is 1.58. The Balaban J connectivity index is 2.06. The molecule has 0 bridgehead atoms. The number of carboxylic acid groups (broad SMARTS) is 1. The lowest BCUT2D eigenvalue weighted by molar-refractivity contribution is -0.138. The molecule has 0 aliphatic heterocycles. The Morgan fingerprint density at radius 3 is 2.75 bits per heavy atom. The molecule has 0 amide bonds. The number of benzene rings is 1. The minimum absolute atomic E-state index is 0.0468. The van der Waals surface area contributed by atoms with Crippen LogP contribution >= 0.6 is 0 Å². The number of hydrogen-bond acceptors (Lipinski definition) is 4. The number of hydrogen-bond donors (Lipinski definition) is 1. The highest BCUT2D eigenvalue weighted by Crippen LogP contribution is 2.13. The molecule has 6 heteroatoms. The maximum atomic E-state index is 10.8. The average molecular weight is 274 g/mol. The summed E-state index contributed by atoms with van der Waals surface area (Å²) in [5.74, 6) is 0.0279. The molecule has 0 saturated heterocycles. The molecule has 1 N–H and O–H groups in total. The molecule has 1 atom stereocenters. The third-order valence-electron chi connectivity index (χ3n) is 3.28. The van der Waals surface area contributed by atoms with E-state index in [1.165, 1.54) is 0 Å². The van der Waals surface area contributed by atoms with Crippen LogP contribution in [0.15, 0.2) is 30.3 Å². The summed E-state index contributed by atoms with van der Waals surface area (Å²) in [5.41, 5.74) is 1.13. The van der Waals surface area contributed by atoms with Crippen molar-refractivity contribution in [2.75, 3.05) is 0 Å². The smallest absolute Gasteiger partial charge is 0.303 e. The highest BCUT2D eigenvalue weighted by atomic mass is 16.4. The SMILES string of the molecule is CCC(CC(=O)O)Cn1nnnc1Cc1ccccc1. The molecule has 1 aromatic carbocycles. The Bertz CT molecular complexity index is 553. The van der Waals surface area contributed by atoms with Crippen LogP contribution in [0.25, 0.3) is 0 Å². The zero-order valence-electron chi connectivity index (χ0n) is 11.4. The molecule has 20 heavy (non-hydrogen) atoms. The van der Waals surface area contributed by atoms with Crippen LogP contribution in [0.2, 0.25) is 0 Å². The maximum Gasteiger partial charge on any atom is 0.303 e. The van der Waals surface area contributed by atoms with Crippen molar-refractivity contribution < 1.29 is 9.90 Å². The van der Waals surface area contributed by atoms with Crippen molar-refractivity contribution in [2.24, 2.45) is 5.92 Å². The molecule has 0 radical (unpaired) electrons. The number of aromatic nitrogens is 4. The lowest BCUT2D eigenvalue weighted by Crippen LogP contribution is -2.17. The minimum atomic E-state index is -0.783. The van der Waals surface area contributed by atoms with E-state index in [1.807, 2.05) is 37.3 Å². The summed E-state index contributed by atoms with van der Waals surface area (Å²) in [6.45, 7) is 2.52. The van der Waals surface area contributed by atoms with Gasteiger partial charge in [-0.05, 0) is 21.9 Å². The Kier molecular flexibility index (Phi) is 4.81. The van der Waals surface area contributed by atoms with Crippen LogP contribution in [-0.4, -0.2) is 31.3 Å².